The monoisotopic (exact) mass is 340 g/mol. The molecule has 124 valence electrons. The van der Waals surface area contributed by atoms with Gasteiger partial charge >= 0.3 is 0 Å². The number of hydrogen-bond acceptors (Lipinski definition) is 2. The molecule has 1 aliphatic heterocycles. The highest BCUT2D eigenvalue weighted by molar-refractivity contribution is 6.41. The molecule has 0 aliphatic carbocycles. The molecule has 24 heavy (non-hydrogen) atoms. The van der Waals surface area contributed by atoms with Crippen LogP contribution in [0.4, 0.5) is 0 Å². The van der Waals surface area contributed by atoms with Gasteiger partial charge < -0.3 is 4.90 Å². The molecule has 0 bridgehead atoms. The molecule has 3 nitrogen and oxygen atoms in total. The minimum absolute atomic E-state index is 0.653. The highest BCUT2D eigenvalue weighted by Gasteiger charge is 2.18. The maximum Gasteiger partial charge on any atom is 0.103 e. The van der Waals surface area contributed by atoms with Gasteiger partial charge in [-0.1, -0.05) is 72.3 Å². The fourth-order valence-electron chi connectivity index (χ4n) is 2.87. The van der Waals surface area contributed by atoms with E-state index in [0.717, 1.165) is 38.3 Å². The van der Waals surface area contributed by atoms with Gasteiger partial charge in [-0.05, 0) is 11.6 Å². The third-order valence-corrected chi connectivity index (χ3v) is 4.40. The van der Waals surface area contributed by atoms with Crippen LogP contribution in [0, 0.1) is 0 Å². The van der Waals surface area contributed by atoms with Crippen molar-refractivity contribution < 1.29 is 4.90 Å². The summed E-state index contributed by atoms with van der Waals surface area (Å²) in [7, 11) is 0. The Balaban J connectivity index is 1.47. The molecule has 1 saturated heterocycles. The first-order valence-electron chi connectivity index (χ1n) is 8.38. The van der Waals surface area contributed by atoms with E-state index in [9.17, 15) is 0 Å². The third-order valence-electron chi connectivity index (χ3n) is 4.19. The first kappa shape index (κ1) is 16.7. The lowest BCUT2D eigenvalue weighted by Gasteiger charge is -2.30. The Hall–Kier alpha value is -2.10. The minimum atomic E-state index is 0.653. The van der Waals surface area contributed by atoms with E-state index in [2.05, 4.69) is 40.4 Å². The Kier molecular flexibility index (Phi) is 6.05. The van der Waals surface area contributed by atoms with Gasteiger partial charge in [-0.2, -0.15) is 5.10 Å². The summed E-state index contributed by atoms with van der Waals surface area (Å²) in [5.74, 6) is 0. The van der Waals surface area contributed by atoms with E-state index in [4.69, 9.17) is 11.6 Å². The number of hydrogen-bond donors (Lipinski definition) is 1. The van der Waals surface area contributed by atoms with Crippen molar-refractivity contribution in [3.63, 3.8) is 0 Å². The van der Waals surface area contributed by atoms with Crippen LogP contribution >= 0.6 is 11.6 Å². The molecule has 2 aromatic rings. The normalized spacial score (nSPS) is 16.7. The molecule has 1 fully saturated rings. The quantitative estimate of drug-likeness (QED) is 0.830. The van der Waals surface area contributed by atoms with Crippen molar-refractivity contribution >= 4 is 23.9 Å². The minimum Gasteiger partial charge on any atom is -0.328 e. The van der Waals surface area contributed by atoms with Crippen molar-refractivity contribution in [2.45, 2.75) is 6.54 Å². The van der Waals surface area contributed by atoms with E-state index in [1.807, 2.05) is 36.4 Å². The average molecular weight is 341 g/mol. The van der Waals surface area contributed by atoms with Crippen molar-refractivity contribution in [2.75, 3.05) is 26.2 Å². The summed E-state index contributed by atoms with van der Waals surface area (Å²) in [6.45, 7) is 5.23. The molecule has 0 atom stereocenters. The third kappa shape index (κ3) is 5.22. The predicted molar refractivity (Wildman–Crippen MR) is 101 cm³/mol. The van der Waals surface area contributed by atoms with E-state index >= 15 is 0 Å². The molecule has 3 rings (SSSR count). The second kappa shape index (κ2) is 8.67. The van der Waals surface area contributed by atoms with Crippen LogP contribution in [-0.4, -0.2) is 37.4 Å². The van der Waals surface area contributed by atoms with E-state index in [-0.39, 0.29) is 0 Å². The summed E-state index contributed by atoms with van der Waals surface area (Å²) in [5, 5.41) is 7.28. The molecular formula is C20H23ClN3+. The molecule has 0 aromatic heterocycles. The Labute approximate surface area is 148 Å². The first-order valence-corrected chi connectivity index (χ1v) is 8.76. The van der Waals surface area contributed by atoms with E-state index in [1.54, 1.807) is 11.1 Å². The smallest absolute Gasteiger partial charge is 0.103 e. The van der Waals surface area contributed by atoms with Crippen LogP contribution in [0.5, 0.6) is 0 Å². The van der Waals surface area contributed by atoms with E-state index < -0.39 is 0 Å². The van der Waals surface area contributed by atoms with Crippen molar-refractivity contribution in [2.24, 2.45) is 5.10 Å². The fraction of sp³-hybridized carbons (Fsp3) is 0.250. The van der Waals surface area contributed by atoms with Gasteiger partial charge in [0.25, 0.3) is 0 Å². The summed E-state index contributed by atoms with van der Waals surface area (Å²) < 4.78 is 0. The van der Waals surface area contributed by atoms with Crippen molar-refractivity contribution in [3.05, 3.63) is 76.8 Å². The maximum atomic E-state index is 6.25. The molecule has 1 aliphatic rings. The van der Waals surface area contributed by atoms with Crippen LogP contribution in [0.25, 0.3) is 6.08 Å². The standard InChI is InChI=1S/C20H22ClN3/c21-20(15-18-7-3-1-4-8-18)16-22-24-13-11-23(12-14-24)17-19-9-5-2-6-10-19/h1-10,15-16H,11-14,17H2/p+1. The van der Waals surface area contributed by atoms with Crippen LogP contribution in [0.1, 0.15) is 11.1 Å². The predicted octanol–water partition coefficient (Wildman–Crippen LogP) is 2.65. The molecule has 2 aromatic carbocycles. The number of allylic oxidation sites excluding steroid dienone is 1. The lowest BCUT2D eigenvalue weighted by atomic mass is 10.2. The van der Waals surface area contributed by atoms with Gasteiger partial charge in [-0.25, -0.2) is 0 Å². The number of hydrazone groups is 1. The summed E-state index contributed by atoms with van der Waals surface area (Å²) >= 11 is 6.25. The molecule has 0 radical (unpaired) electrons. The SMILES string of the molecule is ClC(C=NN1CC[NH+](Cc2ccccc2)CC1)=Cc1ccccc1. The van der Waals surface area contributed by atoms with Gasteiger partial charge in [0.1, 0.15) is 6.54 Å². The molecule has 0 amide bonds. The molecule has 1 heterocycles. The Morgan fingerprint density at radius 1 is 1.00 bits per heavy atom. The number of nitrogens with one attached hydrogen (secondary N) is 1. The Bertz CT molecular complexity index is 675. The molecule has 0 saturated carbocycles. The highest BCUT2D eigenvalue weighted by Crippen LogP contribution is 2.08. The zero-order chi connectivity index (χ0) is 16.6. The van der Waals surface area contributed by atoms with Gasteiger partial charge in [0, 0.05) is 5.56 Å². The second-order valence-electron chi connectivity index (χ2n) is 6.05. The van der Waals surface area contributed by atoms with Crippen LogP contribution in [0.3, 0.4) is 0 Å². The fourth-order valence-corrected chi connectivity index (χ4v) is 3.04. The van der Waals surface area contributed by atoms with Crippen LogP contribution in [0.15, 0.2) is 70.8 Å². The molecule has 0 unspecified atom stereocenters. The van der Waals surface area contributed by atoms with E-state index in [1.165, 1.54) is 5.56 Å². The number of halogens is 1. The Morgan fingerprint density at radius 2 is 1.62 bits per heavy atom. The number of benzene rings is 2. The highest BCUT2D eigenvalue weighted by atomic mass is 35.5. The number of quaternary nitrogens is 1. The molecule has 4 heteroatoms. The zero-order valence-corrected chi connectivity index (χ0v) is 14.5. The van der Waals surface area contributed by atoms with Crippen LogP contribution in [0.2, 0.25) is 0 Å². The van der Waals surface area contributed by atoms with Crippen LogP contribution < -0.4 is 4.90 Å². The van der Waals surface area contributed by atoms with Crippen molar-refractivity contribution in [3.8, 4) is 0 Å². The van der Waals surface area contributed by atoms with Gasteiger partial charge in [-0.3, -0.25) is 5.01 Å². The topological polar surface area (TPSA) is 20.0 Å². The van der Waals surface area contributed by atoms with Gasteiger partial charge in [0.2, 0.25) is 0 Å². The summed E-state index contributed by atoms with van der Waals surface area (Å²) in [4.78, 5) is 1.61. The molecule has 0 spiro atoms. The van der Waals surface area contributed by atoms with Gasteiger partial charge in [0.05, 0.1) is 37.4 Å². The van der Waals surface area contributed by atoms with E-state index in [0.29, 0.717) is 5.03 Å². The summed E-state index contributed by atoms with van der Waals surface area (Å²) in [5.41, 5.74) is 2.49. The van der Waals surface area contributed by atoms with Gasteiger partial charge in [-0.15, -0.1) is 0 Å². The second-order valence-corrected chi connectivity index (χ2v) is 6.49. The summed E-state index contributed by atoms with van der Waals surface area (Å²) in [6.07, 6.45) is 3.68. The molecular weight excluding hydrogens is 318 g/mol. The maximum absolute atomic E-state index is 6.25. The lowest BCUT2D eigenvalue weighted by Crippen LogP contribution is -3.13. The number of nitrogens with zero attached hydrogens (tertiary/aromatic N) is 2. The largest absolute Gasteiger partial charge is 0.328 e. The van der Waals surface area contributed by atoms with Gasteiger partial charge in [0.15, 0.2) is 0 Å². The van der Waals surface area contributed by atoms with Crippen LogP contribution in [-0.2, 0) is 6.54 Å². The zero-order valence-electron chi connectivity index (χ0n) is 13.7. The summed E-state index contributed by atoms with van der Waals surface area (Å²) in [6, 6.07) is 20.7. The van der Waals surface area contributed by atoms with Crippen molar-refractivity contribution in [1.82, 2.24) is 5.01 Å². The average Bonchev–Trinajstić information content (AvgIpc) is 2.63. The first-order chi connectivity index (χ1) is 11.8. The number of piperazine rings is 1. The number of rotatable bonds is 5. The van der Waals surface area contributed by atoms with Crippen molar-refractivity contribution in [1.29, 1.82) is 0 Å². The molecule has 1 N–H and O–H groups in total. The lowest BCUT2D eigenvalue weighted by molar-refractivity contribution is -0.918. The Morgan fingerprint density at radius 3 is 2.29 bits per heavy atom.